The van der Waals surface area contributed by atoms with Crippen molar-refractivity contribution in [3.8, 4) is 0 Å². The Hall–Kier alpha value is -0.860. The minimum absolute atomic E-state index is 0. The second-order valence-corrected chi connectivity index (χ2v) is 8.60. The molecule has 2 fully saturated rings. The molecule has 0 aromatic carbocycles. The Bertz CT molecular complexity index is 1000. The van der Waals surface area contributed by atoms with Gasteiger partial charge in [0.2, 0.25) is 5.95 Å². The number of aromatic nitrogens is 4. The van der Waals surface area contributed by atoms with Crippen molar-refractivity contribution in [1.29, 1.82) is 0 Å². The van der Waals surface area contributed by atoms with Crippen molar-refractivity contribution in [3.05, 3.63) is 16.7 Å². The number of nitrogens with zero attached hydrogens (tertiary/aromatic N) is 3. The number of H-pyrrole nitrogens is 1. The van der Waals surface area contributed by atoms with Crippen LogP contribution in [0.5, 0.6) is 0 Å². The standard InChI is InChI=1S/C16H25N6O7P.Na/c17-5-3-1-2-4-6-18-16-20-13-10(14(24)21-16)19-8-22(13)15-11(23)12-9(28-15)7-27-30(25,26)29-12;/h8-9,11-12,15,23H,1-7,17H2,(H,25,26)(H2,18,20,21,24);/q;+1/p-1. The normalized spacial score (nSPS) is 30.2. The van der Waals surface area contributed by atoms with Gasteiger partial charge in [0, 0.05) is 6.54 Å². The van der Waals surface area contributed by atoms with Crippen LogP contribution in [0, 0.1) is 0 Å². The van der Waals surface area contributed by atoms with E-state index in [1.807, 2.05) is 0 Å². The smallest absolute Gasteiger partial charge is 0.756 e. The molecule has 5 N–H and O–H groups in total. The Labute approximate surface area is 199 Å². The van der Waals surface area contributed by atoms with Crippen molar-refractivity contribution in [3.63, 3.8) is 0 Å². The molecule has 5 unspecified atom stereocenters. The number of aliphatic hydroxyl groups is 1. The number of aliphatic hydroxyl groups excluding tert-OH is 1. The minimum atomic E-state index is -4.49. The average Bonchev–Trinajstić information content (AvgIpc) is 3.25. The molecule has 4 heterocycles. The molecule has 0 spiro atoms. The number of imidazole rings is 1. The number of anilines is 1. The number of phosphoric ester groups is 1. The number of nitrogens with one attached hydrogen (secondary N) is 2. The number of aromatic amines is 1. The summed E-state index contributed by atoms with van der Waals surface area (Å²) in [6, 6.07) is 0. The Balaban J connectivity index is 0.00000272. The van der Waals surface area contributed by atoms with Crippen molar-refractivity contribution in [2.45, 2.75) is 50.2 Å². The molecular formula is C16H24N6NaO7P. The molecule has 15 heteroatoms. The molecule has 0 radical (unpaired) electrons. The van der Waals surface area contributed by atoms with E-state index in [4.69, 9.17) is 15.0 Å². The van der Waals surface area contributed by atoms with Gasteiger partial charge in [-0.3, -0.25) is 18.9 Å². The predicted molar refractivity (Wildman–Crippen MR) is 103 cm³/mol. The number of rotatable bonds is 8. The summed E-state index contributed by atoms with van der Waals surface area (Å²) >= 11 is 0. The monoisotopic (exact) mass is 466 g/mol. The number of phosphoric acid groups is 1. The molecule has 2 aromatic heterocycles. The fourth-order valence-corrected chi connectivity index (χ4v) is 4.53. The van der Waals surface area contributed by atoms with Crippen LogP contribution in [0.25, 0.3) is 11.2 Å². The van der Waals surface area contributed by atoms with E-state index in [2.05, 4.69) is 24.8 Å². The second kappa shape index (κ2) is 10.4. The van der Waals surface area contributed by atoms with Crippen LogP contribution in [-0.4, -0.2) is 62.6 Å². The van der Waals surface area contributed by atoms with Crippen molar-refractivity contribution in [1.82, 2.24) is 19.5 Å². The van der Waals surface area contributed by atoms with Gasteiger partial charge in [-0.25, -0.2) is 4.98 Å². The van der Waals surface area contributed by atoms with Crippen molar-refractivity contribution in [2.24, 2.45) is 5.73 Å². The number of hydrogen-bond acceptors (Lipinski definition) is 11. The maximum Gasteiger partial charge on any atom is 1.00 e. The summed E-state index contributed by atoms with van der Waals surface area (Å²) in [6.45, 7) is 1.02. The van der Waals surface area contributed by atoms with Gasteiger partial charge in [-0.15, -0.1) is 0 Å². The first kappa shape index (κ1) is 24.8. The largest absolute Gasteiger partial charge is 1.00 e. The van der Waals surface area contributed by atoms with Gasteiger partial charge >= 0.3 is 29.6 Å². The number of ether oxygens (including phenoxy) is 1. The van der Waals surface area contributed by atoms with Crippen molar-refractivity contribution < 1.29 is 57.9 Å². The first-order valence-corrected chi connectivity index (χ1v) is 11.2. The van der Waals surface area contributed by atoms with Crippen LogP contribution in [0.4, 0.5) is 5.95 Å². The summed E-state index contributed by atoms with van der Waals surface area (Å²) in [5.41, 5.74) is 5.29. The van der Waals surface area contributed by atoms with E-state index in [0.29, 0.717) is 13.1 Å². The molecule has 166 valence electrons. The third kappa shape index (κ3) is 5.38. The topological polar surface area (TPSA) is 190 Å². The van der Waals surface area contributed by atoms with Crippen LogP contribution in [-0.2, 0) is 18.3 Å². The molecule has 2 aromatic rings. The first-order valence-electron chi connectivity index (χ1n) is 9.78. The van der Waals surface area contributed by atoms with E-state index in [1.54, 1.807) is 0 Å². The molecule has 2 aliphatic rings. The Morgan fingerprint density at radius 1 is 1.39 bits per heavy atom. The fraction of sp³-hybridized carbons (Fsp3) is 0.688. The van der Waals surface area contributed by atoms with Gasteiger partial charge in [0.15, 0.2) is 17.4 Å². The van der Waals surface area contributed by atoms with Gasteiger partial charge in [0.05, 0.1) is 12.9 Å². The van der Waals surface area contributed by atoms with Gasteiger partial charge < -0.3 is 34.8 Å². The van der Waals surface area contributed by atoms with Gasteiger partial charge in [-0.05, 0) is 19.4 Å². The van der Waals surface area contributed by atoms with Crippen molar-refractivity contribution >= 4 is 24.9 Å². The Kier molecular flexibility index (Phi) is 8.30. The maximum absolute atomic E-state index is 12.4. The minimum Gasteiger partial charge on any atom is -0.756 e. The van der Waals surface area contributed by atoms with Gasteiger partial charge in [0.1, 0.15) is 18.3 Å². The van der Waals surface area contributed by atoms with Crippen LogP contribution in [0.15, 0.2) is 11.1 Å². The summed E-state index contributed by atoms with van der Waals surface area (Å²) in [5, 5.41) is 13.6. The van der Waals surface area contributed by atoms with Crippen LogP contribution in [0.1, 0.15) is 31.9 Å². The SMILES string of the molecule is NCCCCCCNc1nc2c(ncn2C2OC3COP(=O)([O-])OC3C2O)c(=O)[nH]1.[Na+]. The molecule has 2 aliphatic heterocycles. The Morgan fingerprint density at radius 2 is 2.16 bits per heavy atom. The van der Waals surface area contributed by atoms with Crippen molar-refractivity contribution in [2.75, 3.05) is 25.0 Å². The molecule has 0 bridgehead atoms. The summed E-state index contributed by atoms with van der Waals surface area (Å²) in [7, 11) is -4.49. The van der Waals surface area contributed by atoms with E-state index in [0.717, 1.165) is 25.7 Å². The second-order valence-electron chi connectivity index (χ2n) is 7.24. The van der Waals surface area contributed by atoms with Crippen LogP contribution < -0.4 is 51.1 Å². The molecule has 13 nitrogen and oxygen atoms in total. The predicted octanol–water partition coefficient (Wildman–Crippen LogP) is -3.80. The van der Waals surface area contributed by atoms with Gasteiger partial charge in [-0.1, -0.05) is 12.8 Å². The van der Waals surface area contributed by atoms with E-state index in [9.17, 15) is 19.4 Å². The first-order chi connectivity index (χ1) is 14.4. The molecule has 31 heavy (non-hydrogen) atoms. The quantitative estimate of drug-likeness (QED) is 0.170. The molecule has 5 atom stereocenters. The average molecular weight is 466 g/mol. The third-order valence-corrected chi connectivity index (χ3v) is 6.05. The summed E-state index contributed by atoms with van der Waals surface area (Å²) in [4.78, 5) is 35.0. The van der Waals surface area contributed by atoms with E-state index in [1.165, 1.54) is 10.9 Å². The molecule has 0 saturated carbocycles. The van der Waals surface area contributed by atoms with Crippen LogP contribution in [0.3, 0.4) is 0 Å². The molecular weight excluding hydrogens is 442 g/mol. The van der Waals surface area contributed by atoms with Crippen LogP contribution >= 0.6 is 7.82 Å². The molecule has 4 rings (SSSR count). The van der Waals surface area contributed by atoms with Gasteiger partial charge in [-0.2, -0.15) is 4.98 Å². The zero-order valence-electron chi connectivity index (χ0n) is 17.1. The fourth-order valence-electron chi connectivity index (χ4n) is 3.58. The third-order valence-electron chi connectivity index (χ3n) is 5.09. The number of nitrogens with two attached hydrogens (primary N) is 1. The summed E-state index contributed by atoms with van der Waals surface area (Å²) < 4.78 is 28.1. The maximum atomic E-state index is 12.4. The zero-order chi connectivity index (χ0) is 21.3. The zero-order valence-corrected chi connectivity index (χ0v) is 20.0. The summed E-state index contributed by atoms with van der Waals surface area (Å²) in [6.07, 6.45) is 0.962. The number of fused-ring (bicyclic) bond motifs is 2. The Morgan fingerprint density at radius 3 is 2.94 bits per heavy atom. The van der Waals surface area contributed by atoms with E-state index >= 15 is 0 Å². The van der Waals surface area contributed by atoms with Gasteiger partial charge in [0.25, 0.3) is 13.4 Å². The molecule has 2 saturated heterocycles. The summed E-state index contributed by atoms with van der Waals surface area (Å²) in [5.74, 6) is 0.265. The number of hydrogen-bond donors (Lipinski definition) is 4. The van der Waals surface area contributed by atoms with E-state index in [-0.39, 0.29) is 53.3 Å². The molecule has 0 aliphatic carbocycles. The van der Waals surface area contributed by atoms with E-state index < -0.39 is 37.9 Å². The molecule has 0 amide bonds. The number of unbranched alkanes of at least 4 members (excludes halogenated alkanes) is 3. The van der Waals surface area contributed by atoms with Crippen LogP contribution in [0.2, 0.25) is 0 Å².